The molecular formula is C21H26N2O2. The number of carbonyl (C=O) groups is 1. The summed E-state index contributed by atoms with van der Waals surface area (Å²) >= 11 is 0. The molecule has 4 heteroatoms. The lowest BCUT2D eigenvalue weighted by molar-refractivity contribution is -0.133. The highest BCUT2D eigenvalue weighted by Gasteiger charge is 2.22. The quantitative estimate of drug-likeness (QED) is 0.839. The molecule has 0 radical (unpaired) electrons. The second-order valence-corrected chi connectivity index (χ2v) is 6.40. The van der Waals surface area contributed by atoms with Gasteiger partial charge in [0.05, 0.1) is 0 Å². The molecule has 0 saturated carbocycles. The van der Waals surface area contributed by atoms with Gasteiger partial charge in [-0.3, -0.25) is 4.79 Å². The zero-order valence-electron chi connectivity index (χ0n) is 15.1. The van der Waals surface area contributed by atoms with E-state index in [-0.39, 0.29) is 12.5 Å². The van der Waals surface area contributed by atoms with Crippen molar-refractivity contribution in [1.82, 2.24) is 4.90 Å². The number of nitrogens with zero attached hydrogens (tertiary/aromatic N) is 2. The third-order valence-corrected chi connectivity index (χ3v) is 4.79. The minimum absolute atomic E-state index is 0.0651. The Labute approximate surface area is 150 Å². The van der Waals surface area contributed by atoms with Crippen LogP contribution in [0.2, 0.25) is 0 Å². The summed E-state index contributed by atoms with van der Waals surface area (Å²) in [6.45, 7) is 7.55. The summed E-state index contributed by atoms with van der Waals surface area (Å²) in [5, 5.41) is 0. The molecule has 1 fully saturated rings. The van der Waals surface area contributed by atoms with Gasteiger partial charge in [0.2, 0.25) is 0 Å². The van der Waals surface area contributed by atoms with Gasteiger partial charge in [0, 0.05) is 31.9 Å². The van der Waals surface area contributed by atoms with Crippen molar-refractivity contribution in [3.8, 4) is 5.75 Å². The Bertz CT molecular complexity index is 721. The fraction of sp³-hybridized carbons (Fsp3) is 0.381. The van der Waals surface area contributed by atoms with E-state index < -0.39 is 0 Å². The second kappa shape index (κ2) is 8.06. The van der Waals surface area contributed by atoms with Gasteiger partial charge in [-0.05, 0) is 36.6 Å². The molecule has 0 bridgehead atoms. The molecule has 2 aromatic carbocycles. The number of hydrogen-bond acceptors (Lipinski definition) is 3. The van der Waals surface area contributed by atoms with E-state index in [1.54, 1.807) is 0 Å². The molecule has 1 aliphatic heterocycles. The third-order valence-electron chi connectivity index (χ3n) is 4.79. The normalized spacial score (nSPS) is 14.5. The SMILES string of the molecule is CCc1ccccc1OCC(=O)N1CCN(c2ccccc2C)CC1. The highest BCUT2D eigenvalue weighted by molar-refractivity contribution is 5.78. The average Bonchev–Trinajstić information content (AvgIpc) is 2.67. The number of para-hydroxylation sites is 2. The van der Waals surface area contributed by atoms with Crippen molar-refractivity contribution in [2.24, 2.45) is 0 Å². The van der Waals surface area contributed by atoms with Crippen LogP contribution in [0.4, 0.5) is 5.69 Å². The Morgan fingerprint density at radius 3 is 2.40 bits per heavy atom. The van der Waals surface area contributed by atoms with Crippen LogP contribution in [0.1, 0.15) is 18.1 Å². The highest BCUT2D eigenvalue weighted by Crippen LogP contribution is 2.21. The predicted molar refractivity (Wildman–Crippen MR) is 101 cm³/mol. The van der Waals surface area contributed by atoms with Gasteiger partial charge in [-0.1, -0.05) is 43.3 Å². The Hall–Kier alpha value is -2.49. The van der Waals surface area contributed by atoms with Crippen LogP contribution in [0.5, 0.6) is 5.75 Å². The number of ether oxygens (including phenoxy) is 1. The van der Waals surface area contributed by atoms with Gasteiger partial charge in [-0.15, -0.1) is 0 Å². The lowest BCUT2D eigenvalue weighted by Crippen LogP contribution is -2.50. The molecule has 1 amide bonds. The molecule has 3 rings (SSSR count). The fourth-order valence-electron chi connectivity index (χ4n) is 3.28. The predicted octanol–water partition coefficient (Wildman–Crippen LogP) is 3.29. The molecule has 1 saturated heterocycles. The number of hydrogen-bond donors (Lipinski definition) is 0. The van der Waals surface area contributed by atoms with Crippen molar-refractivity contribution >= 4 is 11.6 Å². The van der Waals surface area contributed by atoms with E-state index in [2.05, 4.69) is 43.0 Å². The molecule has 4 nitrogen and oxygen atoms in total. The van der Waals surface area contributed by atoms with Crippen molar-refractivity contribution in [2.75, 3.05) is 37.7 Å². The van der Waals surface area contributed by atoms with Crippen molar-refractivity contribution in [1.29, 1.82) is 0 Å². The Morgan fingerprint density at radius 1 is 1.00 bits per heavy atom. The third kappa shape index (κ3) is 4.13. The molecule has 0 unspecified atom stereocenters. The average molecular weight is 338 g/mol. The Morgan fingerprint density at radius 2 is 1.68 bits per heavy atom. The minimum atomic E-state index is 0.0651. The summed E-state index contributed by atoms with van der Waals surface area (Å²) in [6.07, 6.45) is 0.902. The van der Waals surface area contributed by atoms with Gasteiger partial charge in [0.1, 0.15) is 5.75 Å². The zero-order chi connectivity index (χ0) is 17.6. The van der Waals surface area contributed by atoms with Gasteiger partial charge < -0.3 is 14.5 Å². The summed E-state index contributed by atoms with van der Waals surface area (Å²) in [6, 6.07) is 16.3. The summed E-state index contributed by atoms with van der Waals surface area (Å²) in [4.78, 5) is 16.7. The molecule has 0 aliphatic carbocycles. The van der Waals surface area contributed by atoms with Gasteiger partial charge in [0.25, 0.3) is 5.91 Å². The maximum Gasteiger partial charge on any atom is 0.260 e. The van der Waals surface area contributed by atoms with Crippen LogP contribution in [0, 0.1) is 6.92 Å². The van der Waals surface area contributed by atoms with Gasteiger partial charge in [0.15, 0.2) is 6.61 Å². The van der Waals surface area contributed by atoms with Crippen LogP contribution >= 0.6 is 0 Å². The summed E-state index contributed by atoms with van der Waals surface area (Å²) in [5.41, 5.74) is 3.68. The van der Waals surface area contributed by atoms with Crippen LogP contribution in [0.3, 0.4) is 0 Å². The van der Waals surface area contributed by atoms with E-state index >= 15 is 0 Å². The number of benzene rings is 2. The number of amides is 1. The maximum atomic E-state index is 12.5. The molecule has 0 spiro atoms. The molecule has 1 heterocycles. The molecular weight excluding hydrogens is 312 g/mol. The Balaban J connectivity index is 1.53. The van der Waals surface area contributed by atoms with Crippen molar-refractivity contribution in [2.45, 2.75) is 20.3 Å². The summed E-state index contributed by atoms with van der Waals surface area (Å²) < 4.78 is 5.77. The van der Waals surface area contributed by atoms with E-state index in [0.717, 1.165) is 43.9 Å². The maximum absolute atomic E-state index is 12.5. The Kier molecular flexibility index (Phi) is 5.59. The van der Waals surface area contributed by atoms with E-state index in [4.69, 9.17) is 4.74 Å². The van der Waals surface area contributed by atoms with Crippen molar-refractivity contribution in [3.05, 3.63) is 59.7 Å². The molecule has 1 aliphatic rings. The number of anilines is 1. The fourth-order valence-corrected chi connectivity index (χ4v) is 3.28. The molecule has 0 aromatic heterocycles. The van der Waals surface area contributed by atoms with Gasteiger partial charge in [-0.2, -0.15) is 0 Å². The first-order chi connectivity index (χ1) is 12.2. The molecule has 0 atom stereocenters. The van der Waals surface area contributed by atoms with E-state index in [1.807, 2.05) is 29.2 Å². The second-order valence-electron chi connectivity index (χ2n) is 6.40. The van der Waals surface area contributed by atoms with Crippen molar-refractivity contribution < 1.29 is 9.53 Å². The van der Waals surface area contributed by atoms with Gasteiger partial charge >= 0.3 is 0 Å². The van der Waals surface area contributed by atoms with Crippen LogP contribution in [-0.4, -0.2) is 43.6 Å². The van der Waals surface area contributed by atoms with E-state index in [1.165, 1.54) is 11.3 Å². The number of carbonyl (C=O) groups excluding carboxylic acids is 1. The molecule has 132 valence electrons. The lowest BCUT2D eigenvalue weighted by Gasteiger charge is -2.36. The first-order valence-electron chi connectivity index (χ1n) is 8.98. The highest BCUT2D eigenvalue weighted by atomic mass is 16.5. The number of rotatable bonds is 5. The monoisotopic (exact) mass is 338 g/mol. The first-order valence-corrected chi connectivity index (χ1v) is 8.98. The standard InChI is InChI=1S/C21H26N2O2/c1-3-18-9-5-7-11-20(18)25-16-21(24)23-14-12-22(13-15-23)19-10-6-4-8-17(19)2/h4-11H,3,12-16H2,1-2H3. The number of piperazine rings is 1. The molecule has 0 N–H and O–H groups in total. The molecule has 2 aromatic rings. The lowest BCUT2D eigenvalue weighted by atomic mass is 10.1. The zero-order valence-corrected chi connectivity index (χ0v) is 15.1. The van der Waals surface area contributed by atoms with Crippen LogP contribution in [0.25, 0.3) is 0 Å². The largest absolute Gasteiger partial charge is 0.483 e. The smallest absolute Gasteiger partial charge is 0.260 e. The van der Waals surface area contributed by atoms with Crippen LogP contribution < -0.4 is 9.64 Å². The van der Waals surface area contributed by atoms with Gasteiger partial charge in [-0.25, -0.2) is 0 Å². The minimum Gasteiger partial charge on any atom is -0.483 e. The molecule has 25 heavy (non-hydrogen) atoms. The topological polar surface area (TPSA) is 32.8 Å². The summed E-state index contributed by atoms with van der Waals surface area (Å²) in [7, 11) is 0. The van der Waals surface area contributed by atoms with Crippen molar-refractivity contribution in [3.63, 3.8) is 0 Å². The van der Waals surface area contributed by atoms with Crippen LogP contribution in [0.15, 0.2) is 48.5 Å². The van der Waals surface area contributed by atoms with Crippen LogP contribution in [-0.2, 0) is 11.2 Å². The number of aryl methyl sites for hydroxylation is 2. The summed E-state index contributed by atoms with van der Waals surface area (Å²) in [5.74, 6) is 0.882. The van der Waals surface area contributed by atoms with E-state index in [9.17, 15) is 4.79 Å². The van der Waals surface area contributed by atoms with E-state index in [0.29, 0.717) is 0 Å². The first kappa shape index (κ1) is 17.3.